The first-order valence-electron chi connectivity index (χ1n) is 10.0. The number of hydrogen-bond acceptors (Lipinski definition) is 5. The van der Waals surface area contributed by atoms with Crippen LogP contribution in [0.15, 0.2) is 65.7 Å². The minimum absolute atomic E-state index is 0.0276. The molecule has 4 rings (SSSR count). The lowest BCUT2D eigenvalue weighted by molar-refractivity contribution is 0.0772. The van der Waals surface area contributed by atoms with Gasteiger partial charge in [0.2, 0.25) is 0 Å². The number of halogens is 3. The summed E-state index contributed by atoms with van der Waals surface area (Å²) in [7, 11) is -4.24. The smallest absolute Gasteiger partial charge is 0.255 e. The van der Waals surface area contributed by atoms with Crippen LogP contribution in [0.5, 0.6) is 0 Å². The molecule has 1 aliphatic heterocycles. The van der Waals surface area contributed by atoms with E-state index in [2.05, 4.69) is 4.98 Å². The highest BCUT2D eigenvalue weighted by atomic mass is 35.5. The Morgan fingerprint density at radius 1 is 1.03 bits per heavy atom. The van der Waals surface area contributed by atoms with E-state index < -0.39 is 26.7 Å². The van der Waals surface area contributed by atoms with Crippen molar-refractivity contribution in [3.8, 4) is 0 Å². The van der Waals surface area contributed by atoms with Crippen molar-refractivity contribution in [1.82, 2.24) is 9.88 Å². The van der Waals surface area contributed by atoms with Crippen molar-refractivity contribution in [3.63, 3.8) is 0 Å². The maximum atomic E-state index is 14.7. The fraction of sp³-hybridized carbons (Fsp3) is 0.217. The molecule has 5 nitrogen and oxygen atoms in total. The van der Waals surface area contributed by atoms with Gasteiger partial charge in [0.05, 0.1) is 16.2 Å². The zero-order valence-electron chi connectivity index (χ0n) is 17.2. The molecule has 0 spiro atoms. The molecule has 2 aromatic carbocycles. The van der Waals surface area contributed by atoms with E-state index in [4.69, 9.17) is 11.6 Å². The molecular weight excluding hydrogens is 490 g/mol. The van der Waals surface area contributed by atoms with Gasteiger partial charge in [0.1, 0.15) is 16.9 Å². The molecule has 0 N–H and O–H groups in total. The summed E-state index contributed by atoms with van der Waals surface area (Å²) in [5, 5.41) is -1.29. The van der Waals surface area contributed by atoms with Crippen LogP contribution in [0.3, 0.4) is 0 Å². The standard InChI is InChI=1S/C23H19ClF2N2O3S2/c24-16-2-5-18(6-3-16)33(30,31)22(19-13-17(25)4-7-20(19)26)21-8-1-15(14-27-21)23(29)28-9-11-32-12-10-28/h1-8,13-14,22H,9-12H2. The number of aromatic nitrogens is 1. The van der Waals surface area contributed by atoms with Crippen LogP contribution in [0.25, 0.3) is 0 Å². The van der Waals surface area contributed by atoms with Gasteiger partial charge in [-0.15, -0.1) is 0 Å². The molecule has 33 heavy (non-hydrogen) atoms. The number of benzene rings is 2. The fourth-order valence-corrected chi connectivity index (χ4v) is 6.39. The first-order valence-corrected chi connectivity index (χ1v) is 13.1. The van der Waals surface area contributed by atoms with Crippen LogP contribution < -0.4 is 0 Å². The number of hydrogen-bond donors (Lipinski definition) is 0. The average Bonchev–Trinajstić information content (AvgIpc) is 2.82. The van der Waals surface area contributed by atoms with E-state index in [1.807, 2.05) is 0 Å². The van der Waals surface area contributed by atoms with Crippen LogP contribution in [0.2, 0.25) is 5.02 Å². The largest absolute Gasteiger partial charge is 0.337 e. The maximum Gasteiger partial charge on any atom is 0.255 e. The summed E-state index contributed by atoms with van der Waals surface area (Å²) in [5.74, 6) is -0.178. The van der Waals surface area contributed by atoms with Gasteiger partial charge in [0.15, 0.2) is 9.84 Å². The zero-order chi connectivity index (χ0) is 23.6. The monoisotopic (exact) mass is 508 g/mol. The summed E-state index contributed by atoms with van der Waals surface area (Å²) in [6.07, 6.45) is 1.28. The van der Waals surface area contributed by atoms with Crippen molar-refractivity contribution < 1.29 is 22.0 Å². The summed E-state index contributed by atoms with van der Waals surface area (Å²) in [6.45, 7) is 1.24. The Labute approximate surface area is 199 Å². The predicted octanol–water partition coefficient (Wildman–Crippen LogP) is 4.77. The molecule has 2 heterocycles. The Balaban J connectivity index is 1.77. The van der Waals surface area contributed by atoms with Crippen LogP contribution in [-0.4, -0.2) is 48.8 Å². The van der Waals surface area contributed by atoms with E-state index >= 15 is 0 Å². The van der Waals surface area contributed by atoms with Gasteiger partial charge in [0, 0.05) is 41.4 Å². The first kappa shape index (κ1) is 23.7. The number of carbonyl (C=O) groups excluding carboxylic acids is 1. The predicted molar refractivity (Wildman–Crippen MR) is 124 cm³/mol. The van der Waals surface area contributed by atoms with Gasteiger partial charge < -0.3 is 4.90 Å². The fourth-order valence-electron chi connectivity index (χ4n) is 3.60. The number of carbonyl (C=O) groups is 1. The summed E-state index contributed by atoms with van der Waals surface area (Å²) in [5.41, 5.74) is -0.0993. The summed E-state index contributed by atoms with van der Waals surface area (Å²) in [6, 6.07) is 10.9. The summed E-state index contributed by atoms with van der Waals surface area (Å²) >= 11 is 7.65. The molecule has 0 aliphatic carbocycles. The molecule has 1 atom stereocenters. The van der Waals surface area contributed by atoms with Crippen molar-refractivity contribution in [3.05, 3.63) is 94.3 Å². The molecule has 1 aromatic heterocycles. The van der Waals surface area contributed by atoms with Gasteiger partial charge in [-0.05, 0) is 54.6 Å². The van der Waals surface area contributed by atoms with E-state index in [0.29, 0.717) is 23.7 Å². The lowest BCUT2D eigenvalue weighted by atomic mass is 10.1. The number of sulfone groups is 1. The summed E-state index contributed by atoms with van der Waals surface area (Å²) in [4.78, 5) is 18.5. The highest BCUT2D eigenvalue weighted by Gasteiger charge is 2.34. The second-order valence-corrected chi connectivity index (χ2v) is 11.1. The van der Waals surface area contributed by atoms with Gasteiger partial charge in [-0.1, -0.05) is 11.6 Å². The molecule has 3 aromatic rings. The molecule has 1 unspecified atom stereocenters. The number of rotatable bonds is 5. The number of pyridine rings is 1. The SMILES string of the molecule is O=C(c1ccc(C(c2cc(F)ccc2F)S(=O)(=O)c2ccc(Cl)cc2)nc1)N1CCSCC1. The maximum absolute atomic E-state index is 14.7. The minimum Gasteiger partial charge on any atom is -0.337 e. The van der Waals surface area contributed by atoms with Crippen molar-refractivity contribution >= 4 is 39.1 Å². The molecular formula is C23H19ClF2N2O3S2. The Morgan fingerprint density at radius 2 is 1.73 bits per heavy atom. The molecule has 10 heteroatoms. The van der Waals surface area contributed by atoms with Gasteiger partial charge in [-0.3, -0.25) is 9.78 Å². The normalized spacial score (nSPS) is 15.3. The van der Waals surface area contributed by atoms with E-state index in [0.717, 1.165) is 29.7 Å². The van der Waals surface area contributed by atoms with Crippen LogP contribution in [0.4, 0.5) is 8.78 Å². The molecule has 0 bridgehead atoms. The molecule has 0 saturated carbocycles. The Kier molecular flexibility index (Phi) is 7.02. The first-order chi connectivity index (χ1) is 15.8. The van der Waals surface area contributed by atoms with Crippen LogP contribution in [0.1, 0.15) is 26.9 Å². The third-order valence-electron chi connectivity index (χ3n) is 5.29. The van der Waals surface area contributed by atoms with Crippen LogP contribution in [0, 0.1) is 11.6 Å². The molecule has 1 amide bonds. The highest BCUT2D eigenvalue weighted by Crippen LogP contribution is 2.36. The molecule has 1 saturated heterocycles. The zero-order valence-corrected chi connectivity index (χ0v) is 19.6. The minimum atomic E-state index is -4.24. The van der Waals surface area contributed by atoms with Crippen molar-refractivity contribution in [2.75, 3.05) is 24.6 Å². The number of thioether (sulfide) groups is 1. The Morgan fingerprint density at radius 3 is 2.36 bits per heavy atom. The summed E-state index contributed by atoms with van der Waals surface area (Å²) < 4.78 is 55.8. The Hall–Kier alpha value is -2.49. The van der Waals surface area contributed by atoms with Crippen molar-refractivity contribution in [2.24, 2.45) is 0 Å². The van der Waals surface area contributed by atoms with Gasteiger partial charge >= 0.3 is 0 Å². The molecule has 1 aliphatic rings. The van der Waals surface area contributed by atoms with Crippen molar-refractivity contribution in [2.45, 2.75) is 10.1 Å². The topological polar surface area (TPSA) is 67.3 Å². The van der Waals surface area contributed by atoms with E-state index in [9.17, 15) is 22.0 Å². The number of nitrogens with zero attached hydrogens (tertiary/aromatic N) is 2. The van der Waals surface area contributed by atoms with Gasteiger partial charge in [-0.25, -0.2) is 17.2 Å². The van der Waals surface area contributed by atoms with Crippen molar-refractivity contribution in [1.29, 1.82) is 0 Å². The lowest BCUT2D eigenvalue weighted by Gasteiger charge is -2.26. The van der Waals surface area contributed by atoms with E-state index in [-0.39, 0.29) is 22.1 Å². The molecule has 172 valence electrons. The second-order valence-electron chi connectivity index (χ2n) is 7.42. The van der Waals surface area contributed by atoms with Gasteiger partial charge in [0.25, 0.3) is 5.91 Å². The lowest BCUT2D eigenvalue weighted by Crippen LogP contribution is -2.37. The third-order valence-corrected chi connectivity index (χ3v) is 8.53. The Bertz CT molecular complexity index is 1260. The van der Waals surface area contributed by atoms with Crippen LogP contribution in [-0.2, 0) is 9.84 Å². The average molecular weight is 509 g/mol. The van der Waals surface area contributed by atoms with E-state index in [1.54, 1.807) is 16.7 Å². The second kappa shape index (κ2) is 9.79. The number of amides is 1. The van der Waals surface area contributed by atoms with Crippen LogP contribution >= 0.6 is 23.4 Å². The third kappa shape index (κ3) is 5.05. The van der Waals surface area contributed by atoms with E-state index in [1.165, 1.54) is 42.6 Å². The quantitative estimate of drug-likeness (QED) is 0.497. The van der Waals surface area contributed by atoms with Gasteiger partial charge in [-0.2, -0.15) is 11.8 Å². The molecule has 1 fully saturated rings. The highest BCUT2D eigenvalue weighted by molar-refractivity contribution is 7.99. The molecule has 0 radical (unpaired) electrons.